The molecule has 3 saturated carbocycles. The van der Waals surface area contributed by atoms with Gasteiger partial charge >= 0.3 is 0 Å². The zero-order valence-corrected chi connectivity index (χ0v) is 12.9. The summed E-state index contributed by atoms with van der Waals surface area (Å²) in [6.07, 6.45) is 2.26. The summed E-state index contributed by atoms with van der Waals surface area (Å²) < 4.78 is 27.3. The van der Waals surface area contributed by atoms with Crippen molar-refractivity contribution in [3.05, 3.63) is 0 Å². The molecule has 0 aromatic rings. The normalized spacial score (nSPS) is 44.3. The van der Waals surface area contributed by atoms with Crippen LogP contribution in [0.4, 0.5) is 0 Å². The maximum absolute atomic E-state index is 12.2. The van der Waals surface area contributed by atoms with Gasteiger partial charge in [0, 0.05) is 5.41 Å². The second-order valence-corrected chi connectivity index (χ2v) is 8.68. The van der Waals surface area contributed by atoms with Gasteiger partial charge in [0.1, 0.15) is 0 Å². The Balaban J connectivity index is 2.34. The molecule has 0 amide bonds. The van der Waals surface area contributed by atoms with Gasteiger partial charge in [-0.15, -0.1) is 0 Å². The number of rotatable bonds is 3. The van der Waals surface area contributed by atoms with E-state index < -0.39 is 20.9 Å². The lowest BCUT2D eigenvalue weighted by Crippen LogP contribution is -2.58. The number of carbonyl (C=O) groups excluding carboxylic acids is 1. The Morgan fingerprint density at radius 3 is 2.61 bits per heavy atom. The van der Waals surface area contributed by atoms with Gasteiger partial charge < -0.3 is 0 Å². The highest BCUT2D eigenvalue weighted by atomic mass is 79.9. The van der Waals surface area contributed by atoms with E-state index in [0.29, 0.717) is 6.42 Å². The fourth-order valence-electron chi connectivity index (χ4n) is 3.75. The number of alkyl halides is 1. The van der Waals surface area contributed by atoms with E-state index in [0.717, 1.165) is 12.8 Å². The quantitative estimate of drug-likeness (QED) is 0.619. The van der Waals surface area contributed by atoms with Crippen LogP contribution >= 0.6 is 15.9 Å². The van der Waals surface area contributed by atoms with E-state index >= 15 is 0 Å². The molecule has 0 heterocycles. The molecule has 0 radical (unpaired) electrons. The summed E-state index contributed by atoms with van der Waals surface area (Å²) in [5.74, 6) is 4.90. The number of fused-ring (bicyclic) bond motifs is 3. The van der Waals surface area contributed by atoms with Gasteiger partial charge in [-0.2, -0.15) is 18.6 Å². The van der Waals surface area contributed by atoms with Crippen molar-refractivity contribution in [1.82, 2.24) is 0 Å². The van der Waals surface area contributed by atoms with Crippen molar-refractivity contribution in [2.24, 2.45) is 22.6 Å². The molecular formula is C11H18BrNO4S. The van der Waals surface area contributed by atoms with Crippen LogP contribution in [0.5, 0.6) is 0 Å². The molecule has 3 aliphatic carbocycles. The van der Waals surface area contributed by atoms with Crippen molar-refractivity contribution in [1.29, 1.82) is 0 Å². The second kappa shape index (κ2) is 4.26. The van der Waals surface area contributed by atoms with Gasteiger partial charge in [0.25, 0.3) is 10.1 Å². The van der Waals surface area contributed by atoms with Gasteiger partial charge in [-0.3, -0.25) is 4.79 Å². The molecule has 0 unspecified atom stereocenters. The van der Waals surface area contributed by atoms with Gasteiger partial charge in [0.2, 0.25) is 0 Å². The first kappa shape index (κ1) is 14.4. The Morgan fingerprint density at radius 2 is 2.11 bits per heavy atom. The largest absolute Gasteiger partial charge is 0.298 e. The van der Waals surface area contributed by atoms with Gasteiger partial charge in [0.15, 0.2) is 5.78 Å². The first-order valence-corrected chi connectivity index (χ1v) is 8.42. The molecule has 0 aromatic heterocycles. The molecule has 18 heavy (non-hydrogen) atoms. The minimum absolute atomic E-state index is 0.0248. The van der Waals surface area contributed by atoms with Crippen molar-refractivity contribution in [2.75, 3.05) is 5.75 Å². The predicted octanol–water partition coefficient (Wildman–Crippen LogP) is 1.37. The number of carbonyl (C=O) groups is 1. The molecule has 0 aliphatic heterocycles. The molecule has 2 N–H and O–H groups in total. The molecule has 5 nitrogen and oxygen atoms in total. The van der Waals surface area contributed by atoms with Crippen molar-refractivity contribution >= 4 is 31.8 Å². The van der Waals surface area contributed by atoms with Crippen LogP contribution < -0.4 is 5.90 Å². The summed E-state index contributed by atoms with van der Waals surface area (Å²) in [6, 6.07) is 0. The minimum atomic E-state index is -3.72. The highest BCUT2D eigenvalue weighted by molar-refractivity contribution is 9.10. The Morgan fingerprint density at radius 1 is 1.50 bits per heavy atom. The third-order valence-corrected chi connectivity index (χ3v) is 6.91. The lowest BCUT2D eigenvalue weighted by atomic mass is 9.51. The van der Waals surface area contributed by atoms with E-state index in [1.165, 1.54) is 0 Å². The smallest absolute Gasteiger partial charge is 0.283 e. The summed E-state index contributed by atoms with van der Waals surface area (Å²) in [7, 11) is -3.72. The number of Topliss-reactive ketones (excluding diaryl/α,β-unsaturated/α-hetero) is 1. The van der Waals surface area contributed by atoms with E-state index in [9.17, 15) is 13.2 Å². The van der Waals surface area contributed by atoms with Crippen LogP contribution in [0, 0.1) is 16.7 Å². The molecule has 104 valence electrons. The number of hydrogen-bond acceptors (Lipinski definition) is 5. The predicted molar refractivity (Wildman–Crippen MR) is 70.3 cm³/mol. The second-order valence-electron chi connectivity index (χ2n) is 6.10. The standard InChI is InChI=1S/C11H18BrNO4S/c1-10-4-3-7(8(12)9(10)14)11(2,5-10)6-18(15,16)17-13/h7-8H,3-6,13H2,1-2H3/t7-,8+,10-,11-/m0/s1. The maximum atomic E-state index is 12.2. The zero-order chi connectivity index (χ0) is 13.8. The number of ketones is 1. The van der Waals surface area contributed by atoms with Gasteiger partial charge in [0.05, 0.1) is 10.6 Å². The average molecular weight is 340 g/mol. The summed E-state index contributed by atoms with van der Waals surface area (Å²) >= 11 is 3.43. The van der Waals surface area contributed by atoms with Gasteiger partial charge in [-0.1, -0.05) is 29.8 Å². The molecule has 3 rings (SSSR count). The lowest BCUT2D eigenvalue weighted by molar-refractivity contribution is -0.143. The number of nitrogens with two attached hydrogens (primary N) is 1. The van der Waals surface area contributed by atoms with Crippen LogP contribution in [-0.4, -0.2) is 24.8 Å². The summed E-state index contributed by atoms with van der Waals surface area (Å²) in [4.78, 5) is 11.9. The third kappa shape index (κ3) is 2.15. The van der Waals surface area contributed by atoms with E-state index in [-0.39, 0.29) is 22.3 Å². The van der Waals surface area contributed by atoms with E-state index in [1.54, 1.807) is 0 Å². The summed E-state index contributed by atoms with van der Waals surface area (Å²) in [5, 5.41) is 0. The van der Waals surface area contributed by atoms with E-state index in [4.69, 9.17) is 5.90 Å². The Kier molecular flexibility index (Phi) is 3.42. The Labute approximate surface area is 116 Å². The number of hydrogen-bond donors (Lipinski definition) is 1. The summed E-state index contributed by atoms with van der Waals surface area (Å²) in [5.41, 5.74) is -0.894. The molecule has 0 aromatic carbocycles. The van der Waals surface area contributed by atoms with Crippen molar-refractivity contribution < 1.29 is 17.5 Å². The van der Waals surface area contributed by atoms with Crippen molar-refractivity contribution in [2.45, 2.75) is 37.9 Å². The Bertz CT molecular complexity index is 479. The number of halogens is 1. The first-order chi connectivity index (χ1) is 8.14. The topological polar surface area (TPSA) is 86.5 Å². The highest BCUT2D eigenvalue weighted by Gasteiger charge is 2.59. The highest BCUT2D eigenvalue weighted by Crippen LogP contribution is 2.59. The van der Waals surface area contributed by atoms with Crippen LogP contribution in [-0.2, 0) is 19.2 Å². The molecular weight excluding hydrogens is 322 g/mol. The van der Waals surface area contributed by atoms with Crippen molar-refractivity contribution in [3.63, 3.8) is 0 Å². The molecule has 2 bridgehead atoms. The fraction of sp³-hybridized carbons (Fsp3) is 0.909. The lowest BCUT2D eigenvalue weighted by Gasteiger charge is -2.55. The molecule has 0 spiro atoms. The summed E-state index contributed by atoms with van der Waals surface area (Å²) in [6.45, 7) is 3.83. The maximum Gasteiger partial charge on any atom is 0.283 e. The van der Waals surface area contributed by atoms with Crippen LogP contribution in [0.15, 0.2) is 0 Å². The van der Waals surface area contributed by atoms with E-state index in [2.05, 4.69) is 20.2 Å². The third-order valence-electron chi connectivity index (χ3n) is 4.55. The van der Waals surface area contributed by atoms with Crippen molar-refractivity contribution in [3.8, 4) is 0 Å². The minimum Gasteiger partial charge on any atom is -0.298 e. The Hall–Kier alpha value is 0.0200. The SMILES string of the molecule is C[C@@]12CC[C@@H]([C@@H](Br)C1=O)[C@](C)(CS(=O)(=O)ON)C2. The molecule has 0 saturated heterocycles. The molecule has 7 heteroatoms. The first-order valence-electron chi connectivity index (χ1n) is 5.93. The van der Waals surface area contributed by atoms with E-state index in [1.807, 2.05) is 13.8 Å². The van der Waals surface area contributed by atoms with Crippen LogP contribution in [0.3, 0.4) is 0 Å². The molecule has 4 atom stereocenters. The average Bonchev–Trinajstić information content (AvgIpc) is 2.24. The van der Waals surface area contributed by atoms with Crippen LogP contribution in [0.1, 0.15) is 33.1 Å². The van der Waals surface area contributed by atoms with Gasteiger partial charge in [-0.05, 0) is 30.6 Å². The van der Waals surface area contributed by atoms with Crippen LogP contribution in [0.2, 0.25) is 0 Å². The molecule has 3 fully saturated rings. The van der Waals surface area contributed by atoms with Crippen LogP contribution in [0.25, 0.3) is 0 Å². The monoisotopic (exact) mass is 339 g/mol. The molecule has 3 aliphatic rings. The zero-order valence-electron chi connectivity index (χ0n) is 10.5. The fourth-order valence-corrected chi connectivity index (χ4v) is 6.40. The van der Waals surface area contributed by atoms with Gasteiger partial charge in [-0.25, -0.2) is 0 Å².